The number of carbonyl (C=O) groups excluding carboxylic acids is 2. The standard InChI is InChI=1S/C61H104O5/c1-4-7-10-13-16-19-22-25-28-30-31-32-34-36-39-42-45-48-51-54-60(62)65-58-59(57-64-56-53-50-47-44-41-38-35-29-26-23-20-17-14-11-8-5-2)66-61(63)55-52-49-46-43-40-37-33-27-24-21-18-15-12-9-6-3/h8,11,16-21,25-29,31-33,59H,4-7,9-10,12-15,22-24,30,34-58H2,1-3H3/b11-8-,19-16-,20-17-,21-18-,28-25-,29-26-,32-31-,33-27-. The summed E-state index contributed by atoms with van der Waals surface area (Å²) in [5.74, 6) is -0.435. The third kappa shape index (κ3) is 53.4. The predicted molar refractivity (Wildman–Crippen MR) is 288 cm³/mol. The molecule has 0 aliphatic carbocycles. The minimum absolute atomic E-state index is 0.0628. The number of rotatable bonds is 50. The largest absolute Gasteiger partial charge is 0.462 e. The molecule has 0 fully saturated rings. The molecule has 66 heavy (non-hydrogen) atoms. The molecule has 0 amide bonds. The third-order valence-electron chi connectivity index (χ3n) is 11.6. The summed E-state index contributed by atoms with van der Waals surface area (Å²) in [6, 6.07) is 0. The molecule has 0 aliphatic heterocycles. The van der Waals surface area contributed by atoms with E-state index in [4.69, 9.17) is 14.2 Å². The van der Waals surface area contributed by atoms with Crippen molar-refractivity contribution < 1.29 is 23.8 Å². The van der Waals surface area contributed by atoms with Crippen molar-refractivity contribution in [2.24, 2.45) is 0 Å². The summed E-state index contributed by atoms with van der Waals surface area (Å²) in [5, 5.41) is 0. The Morgan fingerprint density at radius 2 is 0.682 bits per heavy atom. The van der Waals surface area contributed by atoms with Gasteiger partial charge in [-0.1, -0.05) is 214 Å². The Morgan fingerprint density at radius 3 is 1.09 bits per heavy atom. The molecule has 5 nitrogen and oxygen atoms in total. The molecular formula is C61H104O5. The van der Waals surface area contributed by atoms with Crippen LogP contribution >= 0.6 is 0 Å². The zero-order valence-electron chi connectivity index (χ0n) is 43.4. The van der Waals surface area contributed by atoms with Crippen molar-refractivity contribution in [1.29, 1.82) is 0 Å². The van der Waals surface area contributed by atoms with Crippen LogP contribution < -0.4 is 0 Å². The quantitative estimate of drug-likeness (QED) is 0.0346. The highest BCUT2D eigenvalue weighted by Crippen LogP contribution is 2.13. The summed E-state index contributed by atoms with van der Waals surface area (Å²) < 4.78 is 17.4. The van der Waals surface area contributed by atoms with Gasteiger partial charge in [-0.15, -0.1) is 0 Å². The lowest BCUT2D eigenvalue weighted by Gasteiger charge is -2.18. The number of ether oxygens (including phenoxy) is 3. The normalized spacial score (nSPS) is 13.0. The topological polar surface area (TPSA) is 61.8 Å². The highest BCUT2D eigenvalue weighted by atomic mass is 16.6. The summed E-state index contributed by atoms with van der Waals surface area (Å²) in [7, 11) is 0. The van der Waals surface area contributed by atoms with E-state index in [1.54, 1.807) is 0 Å². The smallest absolute Gasteiger partial charge is 0.306 e. The first-order chi connectivity index (χ1) is 32.6. The van der Waals surface area contributed by atoms with Gasteiger partial charge in [-0.25, -0.2) is 0 Å². The Balaban J connectivity index is 4.35. The van der Waals surface area contributed by atoms with Crippen LogP contribution in [0.4, 0.5) is 0 Å². The molecule has 1 atom stereocenters. The van der Waals surface area contributed by atoms with Crippen LogP contribution in [0.3, 0.4) is 0 Å². The maximum absolute atomic E-state index is 12.8. The van der Waals surface area contributed by atoms with Gasteiger partial charge >= 0.3 is 11.9 Å². The van der Waals surface area contributed by atoms with Crippen LogP contribution in [-0.2, 0) is 23.8 Å². The van der Waals surface area contributed by atoms with Gasteiger partial charge in [0.05, 0.1) is 6.61 Å². The van der Waals surface area contributed by atoms with E-state index in [0.717, 1.165) is 109 Å². The molecule has 1 unspecified atom stereocenters. The molecule has 0 aromatic carbocycles. The minimum atomic E-state index is -0.562. The van der Waals surface area contributed by atoms with E-state index in [9.17, 15) is 9.59 Å². The van der Waals surface area contributed by atoms with Gasteiger partial charge in [-0.2, -0.15) is 0 Å². The van der Waals surface area contributed by atoms with Crippen LogP contribution in [0, 0.1) is 0 Å². The summed E-state index contributed by atoms with van der Waals surface area (Å²) in [4.78, 5) is 25.5. The van der Waals surface area contributed by atoms with E-state index in [0.29, 0.717) is 19.4 Å². The number of hydrogen-bond acceptors (Lipinski definition) is 5. The Bertz CT molecular complexity index is 1270. The minimum Gasteiger partial charge on any atom is -0.462 e. The maximum Gasteiger partial charge on any atom is 0.306 e. The van der Waals surface area contributed by atoms with Crippen LogP contribution in [0.15, 0.2) is 97.2 Å². The van der Waals surface area contributed by atoms with E-state index in [2.05, 4.69) is 118 Å². The third-order valence-corrected chi connectivity index (χ3v) is 11.6. The lowest BCUT2D eigenvalue weighted by atomic mass is 10.1. The number of esters is 2. The van der Waals surface area contributed by atoms with Crippen molar-refractivity contribution >= 4 is 11.9 Å². The fourth-order valence-corrected chi connectivity index (χ4v) is 7.44. The molecule has 0 saturated heterocycles. The Morgan fingerprint density at radius 1 is 0.348 bits per heavy atom. The molecule has 0 saturated carbocycles. The van der Waals surface area contributed by atoms with Gasteiger partial charge < -0.3 is 14.2 Å². The van der Waals surface area contributed by atoms with Crippen LogP contribution in [0.25, 0.3) is 0 Å². The molecule has 0 aromatic heterocycles. The van der Waals surface area contributed by atoms with Gasteiger partial charge in [0.1, 0.15) is 6.61 Å². The van der Waals surface area contributed by atoms with Crippen molar-refractivity contribution in [2.45, 2.75) is 258 Å². The first kappa shape index (κ1) is 62.8. The molecule has 0 N–H and O–H groups in total. The molecule has 0 rings (SSSR count). The second-order valence-electron chi connectivity index (χ2n) is 18.1. The lowest BCUT2D eigenvalue weighted by Crippen LogP contribution is -2.30. The summed E-state index contributed by atoms with van der Waals surface area (Å²) >= 11 is 0. The molecule has 5 heteroatoms. The SMILES string of the molecule is CC/C=C\C/C=C\C/C=C\CCCCCCCCOCC(COC(=O)CCCCCCCC/C=C\C/C=C\C/C=C\CCCCC)OC(=O)CCCCCCC/C=C\C/C=C\CCCCC. The van der Waals surface area contributed by atoms with Gasteiger partial charge in [0.2, 0.25) is 0 Å². The number of hydrogen-bond donors (Lipinski definition) is 0. The van der Waals surface area contributed by atoms with E-state index in [1.165, 1.54) is 109 Å². The summed E-state index contributed by atoms with van der Waals surface area (Å²) in [5.41, 5.74) is 0. The Kier molecular flexibility index (Phi) is 53.4. The van der Waals surface area contributed by atoms with Gasteiger partial charge in [-0.05, 0) is 122 Å². The molecule has 0 aliphatic rings. The average Bonchev–Trinajstić information content (AvgIpc) is 3.32. The fourth-order valence-electron chi connectivity index (χ4n) is 7.44. The summed E-state index contributed by atoms with van der Waals surface area (Å²) in [6.45, 7) is 7.61. The van der Waals surface area contributed by atoms with Crippen molar-refractivity contribution in [1.82, 2.24) is 0 Å². The van der Waals surface area contributed by atoms with E-state index >= 15 is 0 Å². The Labute approximate surface area is 409 Å². The fraction of sp³-hybridized carbons (Fsp3) is 0.705. The molecule has 0 radical (unpaired) electrons. The predicted octanol–water partition coefficient (Wildman–Crippen LogP) is 19.0. The van der Waals surface area contributed by atoms with E-state index in [1.807, 2.05) is 0 Å². The maximum atomic E-state index is 12.8. The molecule has 0 bridgehead atoms. The highest BCUT2D eigenvalue weighted by Gasteiger charge is 2.17. The molecule has 0 heterocycles. The molecular weight excluding hydrogens is 813 g/mol. The number of carbonyl (C=O) groups is 2. The van der Waals surface area contributed by atoms with Crippen molar-refractivity contribution in [3.05, 3.63) is 97.2 Å². The Hall–Kier alpha value is -3.18. The van der Waals surface area contributed by atoms with E-state index < -0.39 is 6.10 Å². The van der Waals surface area contributed by atoms with Crippen LogP contribution in [0.5, 0.6) is 0 Å². The van der Waals surface area contributed by atoms with Crippen LogP contribution in [0.2, 0.25) is 0 Å². The second kappa shape index (κ2) is 56.1. The average molecular weight is 917 g/mol. The van der Waals surface area contributed by atoms with Gasteiger partial charge in [0.15, 0.2) is 6.10 Å². The monoisotopic (exact) mass is 917 g/mol. The molecule has 0 aromatic rings. The van der Waals surface area contributed by atoms with Crippen molar-refractivity contribution in [3.63, 3.8) is 0 Å². The summed E-state index contributed by atoms with van der Waals surface area (Å²) in [6.07, 6.45) is 75.6. The zero-order valence-corrected chi connectivity index (χ0v) is 43.4. The van der Waals surface area contributed by atoms with Gasteiger partial charge in [-0.3, -0.25) is 9.59 Å². The van der Waals surface area contributed by atoms with Gasteiger partial charge in [0.25, 0.3) is 0 Å². The molecule has 0 spiro atoms. The van der Waals surface area contributed by atoms with Crippen molar-refractivity contribution in [3.8, 4) is 0 Å². The first-order valence-electron chi connectivity index (χ1n) is 27.8. The second-order valence-corrected chi connectivity index (χ2v) is 18.1. The van der Waals surface area contributed by atoms with Gasteiger partial charge in [0, 0.05) is 19.4 Å². The number of unbranched alkanes of at least 4 members (excludes halogenated alkanes) is 23. The molecule has 378 valence electrons. The van der Waals surface area contributed by atoms with Crippen molar-refractivity contribution in [2.75, 3.05) is 19.8 Å². The van der Waals surface area contributed by atoms with Crippen LogP contribution in [-0.4, -0.2) is 37.9 Å². The first-order valence-corrected chi connectivity index (χ1v) is 27.8. The number of allylic oxidation sites excluding steroid dienone is 16. The zero-order chi connectivity index (χ0) is 47.7. The van der Waals surface area contributed by atoms with Crippen LogP contribution in [0.1, 0.15) is 252 Å². The lowest BCUT2D eigenvalue weighted by molar-refractivity contribution is -0.163. The highest BCUT2D eigenvalue weighted by molar-refractivity contribution is 5.70. The van der Waals surface area contributed by atoms with E-state index in [-0.39, 0.29) is 25.2 Å².